The van der Waals surface area contributed by atoms with Gasteiger partial charge >= 0.3 is 0 Å². The van der Waals surface area contributed by atoms with Gasteiger partial charge in [-0.1, -0.05) is 23.2 Å². The summed E-state index contributed by atoms with van der Waals surface area (Å²) >= 11 is 11.9. The predicted octanol–water partition coefficient (Wildman–Crippen LogP) is 2.75. The van der Waals surface area contributed by atoms with Crippen LogP contribution in [-0.2, 0) is 13.5 Å². The van der Waals surface area contributed by atoms with Crippen molar-refractivity contribution >= 4 is 23.2 Å². The molecule has 0 aliphatic carbocycles. The molecule has 0 saturated heterocycles. The second-order valence-corrected chi connectivity index (χ2v) is 4.96. The number of nitrogens with two attached hydrogens (primary N) is 1. The van der Waals surface area contributed by atoms with E-state index < -0.39 is 0 Å². The van der Waals surface area contributed by atoms with Crippen molar-refractivity contribution in [2.24, 2.45) is 12.8 Å². The topological polar surface area (TPSA) is 56.7 Å². The molecule has 96 valence electrons. The predicted molar refractivity (Wildman–Crippen MR) is 72.7 cm³/mol. The van der Waals surface area contributed by atoms with Crippen molar-refractivity contribution in [1.29, 1.82) is 0 Å². The highest BCUT2D eigenvalue weighted by Gasteiger charge is 2.13. The average Bonchev–Trinajstić information content (AvgIpc) is 2.72. The van der Waals surface area contributed by atoms with Gasteiger partial charge in [0.15, 0.2) is 0 Å². The van der Waals surface area contributed by atoms with E-state index >= 15 is 0 Å². The smallest absolute Gasteiger partial charge is 0.0758 e. The lowest BCUT2D eigenvalue weighted by atomic mass is 10.1. The van der Waals surface area contributed by atoms with Gasteiger partial charge in [0.25, 0.3) is 0 Å². The van der Waals surface area contributed by atoms with Gasteiger partial charge in [-0.15, -0.1) is 0 Å². The van der Waals surface area contributed by atoms with Crippen molar-refractivity contribution in [3.05, 3.63) is 46.0 Å². The van der Waals surface area contributed by atoms with Crippen LogP contribution >= 0.6 is 23.2 Å². The highest BCUT2D eigenvalue weighted by Crippen LogP contribution is 2.25. The normalized spacial score (nSPS) is 12.7. The molecule has 4 nitrogen and oxygen atoms in total. The third-order valence-electron chi connectivity index (χ3n) is 2.82. The molecule has 0 saturated carbocycles. The zero-order valence-corrected chi connectivity index (χ0v) is 11.5. The Morgan fingerprint density at radius 2 is 2.22 bits per heavy atom. The van der Waals surface area contributed by atoms with Crippen LogP contribution in [0.5, 0.6) is 0 Å². The van der Waals surface area contributed by atoms with Crippen molar-refractivity contribution in [2.75, 3.05) is 0 Å². The van der Waals surface area contributed by atoms with Crippen LogP contribution in [-0.4, -0.2) is 14.8 Å². The zero-order chi connectivity index (χ0) is 13.1. The Bertz CT molecular complexity index is 539. The van der Waals surface area contributed by atoms with Gasteiger partial charge in [0, 0.05) is 31.2 Å². The van der Waals surface area contributed by atoms with Crippen LogP contribution < -0.4 is 5.73 Å². The molecule has 2 N–H and O–H groups in total. The number of hydrogen-bond donors (Lipinski definition) is 1. The summed E-state index contributed by atoms with van der Waals surface area (Å²) in [5.41, 5.74) is 7.91. The molecule has 0 bridgehead atoms. The van der Waals surface area contributed by atoms with E-state index in [9.17, 15) is 0 Å². The van der Waals surface area contributed by atoms with E-state index in [-0.39, 0.29) is 6.04 Å². The number of nitrogens with zero attached hydrogens (tertiary/aromatic N) is 3. The Hall–Kier alpha value is -1.10. The fraction of sp³-hybridized carbons (Fsp3) is 0.333. The van der Waals surface area contributed by atoms with Crippen molar-refractivity contribution in [3.63, 3.8) is 0 Å². The van der Waals surface area contributed by atoms with Gasteiger partial charge in [-0.25, -0.2) is 0 Å². The molecule has 0 radical (unpaired) electrons. The number of hydrogen-bond acceptors (Lipinski definition) is 3. The largest absolute Gasteiger partial charge is 0.323 e. The molecular weight excluding hydrogens is 271 g/mol. The van der Waals surface area contributed by atoms with Crippen LogP contribution in [0.2, 0.25) is 10.0 Å². The molecule has 0 aliphatic rings. The first-order valence-corrected chi connectivity index (χ1v) is 6.37. The number of halogens is 2. The Labute approximate surface area is 116 Å². The van der Waals surface area contributed by atoms with Gasteiger partial charge in [-0.2, -0.15) is 5.10 Å². The first kappa shape index (κ1) is 13.3. The number of aromatic nitrogens is 3. The fourth-order valence-electron chi connectivity index (χ4n) is 1.78. The molecule has 2 rings (SSSR count). The lowest BCUT2D eigenvalue weighted by Gasteiger charge is -2.12. The summed E-state index contributed by atoms with van der Waals surface area (Å²) in [6, 6.07) is 3.43. The van der Waals surface area contributed by atoms with Gasteiger partial charge in [0.2, 0.25) is 0 Å². The zero-order valence-electron chi connectivity index (χ0n) is 9.98. The van der Waals surface area contributed by atoms with E-state index in [0.29, 0.717) is 15.7 Å². The second-order valence-electron chi connectivity index (χ2n) is 4.11. The highest BCUT2D eigenvalue weighted by molar-refractivity contribution is 6.34. The van der Waals surface area contributed by atoms with E-state index in [1.165, 1.54) is 0 Å². The molecule has 18 heavy (non-hydrogen) atoms. The van der Waals surface area contributed by atoms with E-state index in [0.717, 1.165) is 18.5 Å². The number of aryl methyl sites for hydroxylation is 2. The summed E-state index contributed by atoms with van der Waals surface area (Å²) in [5.74, 6) is 0. The lowest BCUT2D eigenvalue weighted by Crippen LogP contribution is -2.14. The molecule has 2 aromatic rings. The maximum atomic E-state index is 6.09. The van der Waals surface area contributed by atoms with Crippen LogP contribution in [0.15, 0.2) is 24.5 Å². The Balaban J connectivity index is 2.03. The summed E-state index contributed by atoms with van der Waals surface area (Å²) in [7, 11) is 1.91. The second kappa shape index (κ2) is 5.69. The minimum Gasteiger partial charge on any atom is -0.323 e. The molecule has 0 aromatic carbocycles. The molecule has 1 atom stereocenters. The first-order valence-electron chi connectivity index (χ1n) is 5.61. The summed E-state index contributed by atoms with van der Waals surface area (Å²) in [6.45, 7) is 0. The molecule has 0 aliphatic heterocycles. The van der Waals surface area contributed by atoms with Gasteiger partial charge in [0.1, 0.15) is 0 Å². The lowest BCUT2D eigenvalue weighted by molar-refractivity contribution is 0.602. The van der Waals surface area contributed by atoms with Crippen molar-refractivity contribution in [3.8, 4) is 0 Å². The Morgan fingerprint density at radius 1 is 1.44 bits per heavy atom. The van der Waals surface area contributed by atoms with Crippen LogP contribution in [0, 0.1) is 0 Å². The summed E-state index contributed by atoms with van der Waals surface area (Å²) in [6.07, 6.45) is 4.92. The van der Waals surface area contributed by atoms with Crippen LogP contribution in [0.25, 0.3) is 0 Å². The Morgan fingerprint density at radius 3 is 2.83 bits per heavy atom. The van der Waals surface area contributed by atoms with E-state index in [1.54, 1.807) is 18.5 Å². The van der Waals surface area contributed by atoms with Gasteiger partial charge in [-0.3, -0.25) is 9.67 Å². The van der Waals surface area contributed by atoms with E-state index in [4.69, 9.17) is 28.9 Å². The third-order valence-corrected chi connectivity index (χ3v) is 3.33. The molecule has 2 aromatic heterocycles. The fourth-order valence-corrected chi connectivity index (χ4v) is 2.30. The van der Waals surface area contributed by atoms with Gasteiger partial charge < -0.3 is 5.73 Å². The van der Waals surface area contributed by atoms with Crippen LogP contribution in [0.1, 0.15) is 23.9 Å². The maximum absolute atomic E-state index is 6.09. The molecule has 0 spiro atoms. The molecule has 6 heteroatoms. The standard InChI is InChI=1S/C12H14Cl2N4/c1-18-9(4-5-17-18)2-3-11(15)12-10(14)6-8(13)7-16-12/h4-7,11H,2-3,15H2,1H3. The maximum Gasteiger partial charge on any atom is 0.0758 e. The monoisotopic (exact) mass is 284 g/mol. The quantitative estimate of drug-likeness (QED) is 0.939. The minimum absolute atomic E-state index is 0.204. The number of pyridine rings is 1. The van der Waals surface area contributed by atoms with E-state index in [2.05, 4.69) is 10.1 Å². The number of rotatable bonds is 4. The summed E-state index contributed by atoms with van der Waals surface area (Å²) in [5, 5.41) is 5.14. The van der Waals surface area contributed by atoms with Crippen molar-refractivity contribution in [2.45, 2.75) is 18.9 Å². The van der Waals surface area contributed by atoms with Crippen molar-refractivity contribution < 1.29 is 0 Å². The Kier molecular flexibility index (Phi) is 4.22. The van der Waals surface area contributed by atoms with E-state index in [1.807, 2.05) is 17.8 Å². The SMILES string of the molecule is Cn1nccc1CCC(N)c1ncc(Cl)cc1Cl. The molecular formula is C12H14Cl2N4. The molecule has 0 amide bonds. The highest BCUT2D eigenvalue weighted by atomic mass is 35.5. The first-order chi connectivity index (χ1) is 8.58. The summed E-state index contributed by atoms with van der Waals surface area (Å²) < 4.78 is 1.84. The summed E-state index contributed by atoms with van der Waals surface area (Å²) in [4.78, 5) is 4.19. The van der Waals surface area contributed by atoms with Crippen molar-refractivity contribution in [1.82, 2.24) is 14.8 Å². The molecule has 1 unspecified atom stereocenters. The average molecular weight is 285 g/mol. The van der Waals surface area contributed by atoms with Crippen LogP contribution in [0.4, 0.5) is 0 Å². The van der Waals surface area contributed by atoms with Gasteiger partial charge in [-0.05, 0) is 25.0 Å². The minimum atomic E-state index is -0.204. The molecule has 0 fully saturated rings. The van der Waals surface area contributed by atoms with Gasteiger partial charge in [0.05, 0.1) is 15.7 Å². The third kappa shape index (κ3) is 3.02. The molecule has 2 heterocycles. The van der Waals surface area contributed by atoms with Crippen LogP contribution in [0.3, 0.4) is 0 Å².